The molecular formula is C14H22N4O2. The maximum absolute atomic E-state index is 10.3. The van der Waals surface area contributed by atoms with Gasteiger partial charge < -0.3 is 15.2 Å². The molecule has 1 aromatic rings. The second-order valence-electron chi connectivity index (χ2n) is 5.75. The van der Waals surface area contributed by atoms with Gasteiger partial charge in [0.05, 0.1) is 18.2 Å². The zero-order chi connectivity index (χ0) is 13.9. The maximum atomic E-state index is 10.3. The van der Waals surface area contributed by atoms with Crippen LogP contribution in [-0.2, 0) is 6.54 Å². The van der Waals surface area contributed by atoms with Crippen molar-refractivity contribution in [1.29, 1.82) is 0 Å². The van der Waals surface area contributed by atoms with Crippen LogP contribution in [0.1, 0.15) is 44.1 Å². The Morgan fingerprint density at radius 2 is 1.90 bits per heavy atom. The molecule has 0 aromatic carbocycles. The number of fused-ring (bicyclic) bond motifs is 4. The molecule has 1 fully saturated rings. The molecule has 0 unspecified atom stereocenters. The number of anilines is 1. The van der Waals surface area contributed by atoms with Crippen LogP contribution < -0.4 is 4.90 Å². The van der Waals surface area contributed by atoms with E-state index >= 15 is 0 Å². The number of hydroxylamine groups is 2. The van der Waals surface area contributed by atoms with Crippen LogP contribution >= 0.6 is 0 Å². The van der Waals surface area contributed by atoms with Gasteiger partial charge in [-0.2, -0.15) is 5.06 Å². The van der Waals surface area contributed by atoms with E-state index in [-0.39, 0.29) is 11.9 Å². The average molecular weight is 278 g/mol. The molecule has 1 saturated heterocycles. The summed E-state index contributed by atoms with van der Waals surface area (Å²) in [5, 5.41) is 21.6. The van der Waals surface area contributed by atoms with Gasteiger partial charge in [-0.3, -0.25) is 0 Å². The highest BCUT2D eigenvalue weighted by Crippen LogP contribution is 2.31. The number of hydrogen-bond acceptors (Lipinski definition) is 6. The van der Waals surface area contributed by atoms with Gasteiger partial charge in [-0.05, 0) is 12.8 Å². The highest BCUT2D eigenvalue weighted by atomic mass is 16.5. The summed E-state index contributed by atoms with van der Waals surface area (Å²) in [4.78, 5) is 10.4. The second-order valence-corrected chi connectivity index (χ2v) is 5.75. The minimum atomic E-state index is -0.0189. The lowest BCUT2D eigenvalue weighted by atomic mass is 10.0. The Hall–Kier alpha value is -1.40. The second kappa shape index (κ2) is 5.93. The summed E-state index contributed by atoms with van der Waals surface area (Å²) < 4.78 is 0. The van der Waals surface area contributed by atoms with Crippen LogP contribution in [0.5, 0.6) is 5.88 Å². The molecule has 20 heavy (non-hydrogen) atoms. The van der Waals surface area contributed by atoms with Crippen LogP contribution in [0.25, 0.3) is 0 Å². The Balaban J connectivity index is 1.94. The van der Waals surface area contributed by atoms with Gasteiger partial charge in [0, 0.05) is 13.1 Å². The number of hydrogen-bond donors (Lipinski definition) is 2. The summed E-state index contributed by atoms with van der Waals surface area (Å²) in [6.07, 6.45) is 8.38. The SMILES string of the molecule is Oc1ncnc2c1CN(O)[C@H]1CCCCCCCN2C1. The molecule has 3 heterocycles. The van der Waals surface area contributed by atoms with Crippen LogP contribution in [0.15, 0.2) is 6.33 Å². The maximum Gasteiger partial charge on any atom is 0.220 e. The largest absolute Gasteiger partial charge is 0.493 e. The monoisotopic (exact) mass is 278 g/mol. The van der Waals surface area contributed by atoms with Gasteiger partial charge in [-0.15, -0.1) is 0 Å². The molecule has 6 heteroatoms. The first-order valence-electron chi connectivity index (χ1n) is 7.49. The molecule has 1 aromatic heterocycles. The van der Waals surface area contributed by atoms with Crippen molar-refractivity contribution in [1.82, 2.24) is 15.0 Å². The topological polar surface area (TPSA) is 72.7 Å². The summed E-state index contributed by atoms with van der Waals surface area (Å²) in [5.41, 5.74) is 0.636. The Morgan fingerprint density at radius 3 is 2.80 bits per heavy atom. The predicted molar refractivity (Wildman–Crippen MR) is 74.7 cm³/mol. The van der Waals surface area contributed by atoms with Crippen molar-refractivity contribution in [3.63, 3.8) is 0 Å². The smallest absolute Gasteiger partial charge is 0.220 e. The van der Waals surface area contributed by atoms with Crippen molar-refractivity contribution in [3.8, 4) is 5.88 Å². The van der Waals surface area contributed by atoms with E-state index in [4.69, 9.17) is 0 Å². The third-order valence-corrected chi connectivity index (χ3v) is 4.34. The molecule has 2 N–H and O–H groups in total. The molecule has 0 aliphatic carbocycles. The molecular weight excluding hydrogens is 256 g/mol. The standard InChI is InChI=1S/C14H22N4O2/c19-14-12-9-18(20)11-6-4-2-1-3-5-7-17(8-11)13(12)15-10-16-14/h10-11,20H,1-9H2,(H,15,16,19)/t11-/m0/s1. The average Bonchev–Trinajstić information content (AvgIpc) is 2.58. The van der Waals surface area contributed by atoms with Crippen molar-refractivity contribution < 1.29 is 10.3 Å². The molecule has 2 aliphatic rings. The first-order valence-corrected chi connectivity index (χ1v) is 7.49. The molecule has 1 atom stereocenters. The van der Waals surface area contributed by atoms with Crippen molar-refractivity contribution in [2.24, 2.45) is 0 Å². The van der Waals surface area contributed by atoms with E-state index in [2.05, 4.69) is 14.9 Å². The summed E-state index contributed by atoms with van der Waals surface area (Å²) in [7, 11) is 0. The summed E-state index contributed by atoms with van der Waals surface area (Å²) in [6.45, 7) is 1.98. The van der Waals surface area contributed by atoms with Crippen molar-refractivity contribution >= 4 is 5.82 Å². The minimum Gasteiger partial charge on any atom is -0.493 e. The molecule has 3 rings (SSSR count). The van der Waals surface area contributed by atoms with Crippen molar-refractivity contribution in [2.45, 2.75) is 51.1 Å². The van der Waals surface area contributed by atoms with Crippen molar-refractivity contribution in [3.05, 3.63) is 11.9 Å². The molecule has 0 amide bonds. The fraction of sp³-hybridized carbons (Fsp3) is 0.714. The third-order valence-electron chi connectivity index (χ3n) is 4.34. The molecule has 0 spiro atoms. The van der Waals surface area contributed by atoms with E-state index in [9.17, 15) is 10.3 Å². The lowest BCUT2D eigenvalue weighted by Crippen LogP contribution is -2.40. The van der Waals surface area contributed by atoms with E-state index < -0.39 is 0 Å². The molecule has 2 aliphatic heterocycles. The van der Waals surface area contributed by atoms with Crippen LogP contribution in [0.2, 0.25) is 0 Å². The van der Waals surface area contributed by atoms with Gasteiger partial charge in [0.15, 0.2) is 0 Å². The van der Waals surface area contributed by atoms with Crippen LogP contribution in [0.3, 0.4) is 0 Å². The molecule has 0 radical (unpaired) electrons. The minimum absolute atomic E-state index is 0.0189. The highest BCUT2D eigenvalue weighted by molar-refractivity contribution is 5.51. The van der Waals surface area contributed by atoms with Gasteiger partial charge in [-0.1, -0.05) is 25.7 Å². The zero-order valence-corrected chi connectivity index (χ0v) is 11.7. The van der Waals surface area contributed by atoms with E-state index in [1.54, 1.807) is 0 Å². The number of rotatable bonds is 0. The lowest BCUT2D eigenvalue weighted by molar-refractivity contribution is -0.133. The highest BCUT2D eigenvalue weighted by Gasteiger charge is 2.29. The molecule has 6 nitrogen and oxygen atoms in total. The van der Waals surface area contributed by atoms with Gasteiger partial charge >= 0.3 is 0 Å². The van der Waals surface area contributed by atoms with E-state index in [0.29, 0.717) is 12.1 Å². The van der Waals surface area contributed by atoms with Gasteiger partial charge in [-0.25, -0.2) is 9.97 Å². The van der Waals surface area contributed by atoms with E-state index in [1.807, 2.05) is 0 Å². The normalized spacial score (nSPS) is 24.9. The van der Waals surface area contributed by atoms with Crippen LogP contribution in [0, 0.1) is 0 Å². The van der Waals surface area contributed by atoms with Gasteiger partial charge in [0.2, 0.25) is 5.88 Å². The Bertz CT molecular complexity index is 468. The summed E-state index contributed by atoms with van der Waals surface area (Å²) >= 11 is 0. The van der Waals surface area contributed by atoms with Gasteiger partial charge in [0.1, 0.15) is 12.1 Å². The molecule has 2 bridgehead atoms. The summed E-state index contributed by atoms with van der Waals surface area (Å²) in [5.74, 6) is 0.759. The first-order chi connectivity index (χ1) is 9.75. The number of nitrogens with zero attached hydrogens (tertiary/aromatic N) is 4. The zero-order valence-electron chi connectivity index (χ0n) is 11.7. The first kappa shape index (κ1) is 13.6. The molecule has 110 valence electrons. The fourth-order valence-electron chi connectivity index (χ4n) is 3.18. The summed E-state index contributed by atoms with van der Waals surface area (Å²) in [6, 6.07) is 0.0988. The quantitative estimate of drug-likeness (QED) is 0.755. The fourth-order valence-corrected chi connectivity index (χ4v) is 3.18. The van der Waals surface area contributed by atoms with E-state index in [1.165, 1.54) is 30.7 Å². The Morgan fingerprint density at radius 1 is 1.10 bits per heavy atom. The number of aromatic nitrogens is 2. The van der Waals surface area contributed by atoms with Crippen LogP contribution in [-0.4, -0.2) is 44.5 Å². The molecule has 0 saturated carbocycles. The van der Waals surface area contributed by atoms with E-state index in [0.717, 1.165) is 38.2 Å². The van der Waals surface area contributed by atoms with Crippen LogP contribution in [0.4, 0.5) is 5.82 Å². The van der Waals surface area contributed by atoms with Crippen molar-refractivity contribution in [2.75, 3.05) is 18.0 Å². The third kappa shape index (κ3) is 2.71. The Labute approximate surface area is 119 Å². The lowest BCUT2D eigenvalue weighted by Gasteiger charge is -2.29. The Kier molecular flexibility index (Phi) is 4.03. The van der Waals surface area contributed by atoms with Gasteiger partial charge in [0.25, 0.3) is 0 Å². The number of aromatic hydroxyl groups is 1. The predicted octanol–water partition coefficient (Wildman–Crippen LogP) is 1.92.